The molecule has 1 fully saturated rings. The third-order valence-electron chi connectivity index (χ3n) is 3.81. The highest BCUT2D eigenvalue weighted by atomic mass is 79.9. The van der Waals surface area contributed by atoms with Crippen molar-refractivity contribution in [1.82, 2.24) is 4.90 Å². The summed E-state index contributed by atoms with van der Waals surface area (Å²) in [7, 11) is 1.50. The third-order valence-corrected chi connectivity index (χ3v) is 6.13. The average Bonchev–Trinajstić information content (AvgIpc) is 2.36. The van der Waals surface area contributed by atoms with Crippen molar-refractivity contribution < 1.29 is 13.2 Å². The first-order chi connectivity index (χ1) is 9.82. The Balaban J connectivity index is 2.25. The van der Waals surface area contributed by atoms with Crippen LogP contribution in [-0.4, -0.2) is 32.3 Å². The minimum absolute atomic E-state index is 0.0743. The first-order valence-electron chi connectivity index (χ1n) is 6.86. The molecule has 1 aliphatic carbocycles. The summed E-state index contributed by atoms with van der Waals surface area (Å²) in [4.78, 5) is 14.2. The lowest BCUT2D eigenvalue weighted by atomic mass is 9.85. The molecule has 0 saturated heterocycles. The van der Waals surface area contributed by atoms with Gasteiger partial charge in [-0.3, -0.25) is 4.79 Å². The molecule has 1 aromatic carbocycles. The molecule has 1 amide bonds. The van der Waals surface area contributed by atoms with Crippen molar-refractivity contribution in [2.45, 2.75) is 31.1 Å². The number of hydrogen-bond donors (Lipinski definition) is 0. The SMILES string of the molecule is CCN(CC1CCC1)C(=O)c1ccc(Br)c(S(=O)(=O)Cl)c1. The third kappa shape index (κ3) is 3.99. The van der Waals surface area contributed by atoms with Gasteiger partial charge in [0, 0.05) is 33.8 Å². The van der Waals surface area contributed by atoms with Crippen LogP contribution in [0.2, 0.25) is 0 Å². The Bertz CT molecular complexity index is 644. The maximum Gasteiger partial charge on any atom is 0.262 e. The number of hydrogen-bond acceptors (Lipinski definition) is 3. The van der Waals surface area contributed by atoms with Crippen LogP contribution in [0.25, 0.3) is 0 Å². The quantitative estimate of drug-likeness (QED) is 0.716. The maximum absolute atomic E-state index is 12.5. The number of rotatable bonds is 5. The highest BCUT2D eigenvalue weighted by Crippen LogP contribution is 2.29. The number of carbonyl (C=O) groups excluding carboxylic acids is 1. The van der Waals surface area contributed by atoms with Crippen LogP contribution in [-0.2, 0) is 9.05 Å². The van der Waals surface area contributed by atoms with Gasteiger partial charge in [-0.2, -0.15) is 0 Å². The van der Waals surface area contributed by atoms with E-state index in [1.54, 1.807) is 17.0 Å². The van der Waals surface area contributed by atoms with Crippen LogP contribution < -0.4 is 0 Å². The summed E-state index contributed by atoms with van der Waals surface area (Å²) in [6.45, 7) is 3.26. The van der Waals surface area contributed by atoms with E-state index in [-0.39, 0.29) is 10.8 Å². The van der Waals surface area contributed by atoms with E-state index in [0.29, 0.717) is 22.5 Å². The molecule has 0 unspecified atom stereocenters. The molecule has 4 nitrogen and oxygen atoms in total. The second-order valence-electron chi connectivity index (χ2n) is 5.22. The summed E-state index contributed by atoms with van der Waals surface area (Å²) in [5.74, 6) is 0.416. The molecular weight excluding hydrogens is 378 g/mol. The highest BCUT2D eigenvalue weighted by Gasteiger charge is 2.24. The first-order valence-corrected chi connectivity index (χ1v) is 9.96. The van der Waals surface area contributed by atoms with Gasteiger partial charge in [0.05, 0.1) is 4.90 Å². The molecule has 116 valence electrons. The Kier molecular flexibility index (Phi) is 5.33. The molecule has 0 aliphatic heterocycles. The van der Waals surface area contributed by atoms with Crippen molar-refractivity contribution in [3.63, 3.8) is 0 Å². The summed E-state index contributed by atoms with van der Waals surface area (Å²) in [6.07, 6.45) is 3.54. The van der Waals surface area contributed by atoms with Gasteiger partial charge in [-0.15, -0.1) is 0 Å². The van der Waals surface area contributed by atoms with E-state index in [4.69, 9.17) is 10.7 Å². The van der Waals surface area contributed by atoms with Gasteiger partial charge in [-0.05, 0) is 59.8 Å². The highest BCUT2D eigenvalue weighted by molar-refractivity contribution is 9.10. The van der Waals surface area contributed by atoms with Crippen LogP contribution in [0, 0.1) is 5.92 Å². The minimum Gasteiger partial charge on any atom is -0.339 e. The molecule has 0 atom stereocenters. The Morgan fingerprint density at radius 3 is 2.57 bits per heavy atom. The van der Waals surface area contributed by atoms with Crippen LogP contribution in [0.4, 0.5) is 0 Å². The van der Waals surface area contributed by atoms with Crippen molar-refractivity contribution in [2.24, 2.45) is 5.92 Å². The molecule has 1 aliphatic rings. The Labute approximate surface area is 138 Å². The van der Waals surface area contributed by atoms with Gasteiger partial charge < -0.3 is 4.90 Å². The molecular formula is C14H17BrClNO3S. The van der Waals surface area contributed by atoms with E-state index in [0.717, 1.165) is 19.4 Å². The Morgan fingerprint density at radius 2 is 2.10 bits per heavy atom. The van der Waals surface area contributed by atoms with Crippen molar-refractivity contribution >= 4 is 41.6 Å². The Morgan fingerprint density at radius 1 is 1.43 bits per heavy atom. The van der Waals surface area contributed by atoms with Gasteiger partial charge in [0.15, 0.2) is 0 Å². The van der Waals surface area contributed by atoms with E-state index in [2.05, 4.69) is 15.9 Å². The topological polar surface area (TPSA) is 54.5 Å². The molecule has 1 saturated carbocycles. The smallest absolute Gasteiger partial charge is 0.262 e. The average molecular weight is 395 g/mol. The van der Waals surface area contributed by atoms with Crippen LogP contribution in [0.1, 0.15) is 36.5 Å². The molecule has 0 N–H and O–H groups in total. The van der Waals surface area contributed by atoms with Crippen LogP contribution >= 0.6 is 26.6 Å². The van der Waals surface area contributed by atoms with E-state index in [9.17, 15) is 13.2 Å². The second-order valence-corrected chi connectivity index (χ2v) is 8.61. The normalized spacial score (nSPS) is 15.6. The lowest BCUT2D eigenvalue weighted by Gasteiger charge is -2.31. The van der Waals surface area contributed by atoms with Crippen molar-refractivity contribution in [3.8, 4) is 0 Å². The van der Waals surface area contributed by atoms with Crippen LogP contribution in [0.15, 0.2) is 27.6 Å². The number of halogens is 2. The fourth-order valence-corrected chi connectivity index (χ4v) is 4.47. The van der Waals surface area contributed by atoms with Gasteiger partial charge >= 0.3 is 0 Å². The molecule has 0 radical (unpaired) electrons. The van der Waals surface area contributed by atoms with E-state index in [1.807, 2.05) is 6.92 Å². The van der Waals surface area contributed by atoms with E-state index >= 15 is 0 Å². The van der Waals surface area contributed by atoms with Gasteiger partial charge in [-0.25, -0.2) is 8.42 Å². The fourth-order valence-electron chi connectivity index (χ4n) is 2.35. The molecule has 7 heteroatoms. The van der Waals surface area contributed by atoms with Crippen molar-refractivity contribution in [1.29, 1.82) is 0 Å². The molecule has 2 rings (SSSR count). The maximum atomic E-state index is 12.5. The lowest BCUT2D eigenvalue weighted by Crippen LogP contribution is -2.37. The second kappa shape index (κ2) is 6.67. The predicted molar refractivity (Wildman–Crippen MR) is 86.1 cm³/mol. The zero-order chi connectivity index (χ0) is 15.6. The standard InChI is InChI=1S/C14H17BrClNO3S/c1-2-17(9-10-4-3-5-10)14(18)11-6-7-12(15)13(8-11)21(16,19)20/h6-8,10H,2-5,9H2,1H3. The van der Waals surface area contributed by atoms with Gasteiger partial charge in [0.1, 0.15) is 0 Å². The Hall–Kier alpha value is -0.590. The van der Waals surface area contributed by atoms with Crippen LogP contribution in [0.3, 0.4) is 0 Å². The van der Waals surface area contributed by atoms with Gasteiger partial charge in [0.2, 0.25) is 0 Å². The molecule has 1 aromatic rings. The number of nitrogens with zero attached hydrogens (tertiary/aromatic N) is 1. The predicted octanol–water partition coefficient (Wildman–Crippen LogP) is 3.64. The zero-order valence-corrected chi connectivity index (χ0v) is 14.8. The monoisotopic (exact) mass is 393 g/mol. The summed E-state index contributed by atoms with van der Waals surface area (Å²) in [5.41, 5.74) is 0.346. The number of carbonyl (C=O) groups is 1. The van der Waals surface area contributed by atoms with Gasteiger partial charge in [0.25, 0.3) is 15.0 Å². The van der Waals surface area contributed by atoms with Crippen LogP contribution in [0.5, 0.6) is 0 Å². The van der Waals surface area contributed by atoms with Gasteiger partial charge in [-0.1, -0.05) is 6.42 Å². The molecule has 21 heavy (non-hydrogen) atoms. The molecule has 0 aromatic heterocycles. The minimum atomic E-state index is -3.88. The summed E-state index contributed by atoms with van der Waals surface area (Å²) >= 11 is 3.14. The summed E-state index contributed by atoms with van der Waals surface area (Å²) in [5, 5.41) is 0. The van der Waals surface area contributed by atoms with E-state index in [1.165, 1.54) is 12.5 Å². The zero-order valence-electron chi connectivity index (χ0n) is 11.7. The van der Waals surface area contributed by atoms with Crippen molar-refractivity contribution in [3.05, 3.63) is 28.2 Å². The number of benzene rings is 1. The summed E-state index contributed by atoms with van der Waals surface area (Å²) in [6, 6.07) is 4.49. The largest absolute Gasteiger partial charge is 0.339 e. The van der Waals surface area contributed by atoms with Crippen molar-refractivity contribution in [2.75, 3.05) is 13.1 Å². The fraction of sp³-hybridized carbons (Fsp3) is 0.500. The lowest BCUT2D eigenvalue weighted by molar-refractivity contribution is 0.0706. The summed E-state index contributed by atoms with van der Waals surface area (Å²) < 4.78 is 23.4. The number of amides is 1. The molecule has 0 heterocycles. The molecule has 0 spiro atoms. The first kappa shape index (κ1) is 16.8. The van der Waals surface area contributed by atoms with E-state index < -0.39 is 9.05 Å². The molecule has 0 bridgehead atoms.